The van der Waals surface area contributed by atoms with E-state index < -0.39 is 0 Å². The van der Waals surface area contributed by atoms with Crippen molar-refractivity contribution in [2.75, 3.05) is 0 Å². The lowest BCUT2D eigenvalue weighted by Crippen LogP contribution is -2.02. The summed E-state index contributed by atoms with van der Waals surface area (Å²) in [5.74, 6) is 1.59. The van der Waals surface area contributed by atoms with Gasteiger partial charge in [0.15, 0.2) is 5.82 Å². The Balaban J connectivity index is 1.54. The molecule has 0 aliphatic rings. The topological polar surface area (TPSA) is 30.7 Å². The van der Waals surface area contributed by atoms with Crippen molar-refractivity contribution in [3.63, 3.8) is 0 Å². The summed E-state index contributed by atoms with van der Waals surface area (Å²) in [5.41, 5.74) is 5.31. The highest BCUT2D eigenvalue weighted by Gasteiger charge is 2.20. The van der Waals surface area contributed by atoms with E-state index in [2.05, 4.69) is 108 Å². The first-order valence-electron chi connectivity index (χ1n) is 12.7. The van der Waals surface area contributed by atoms with E-state index in [0.29, 0.717) is 0 Å². The second-order valence-corrected chi connectivity index (χ2v) is 10.5. The van der Waals surface area contributed by atoms with Crippen molar-refractivity contribution in [1.29, 1.82) is 0 Å². The zero-order valence-corrected chi connectivity index (χ0v) is 21.2. The fraction of sp³-hybridized carbons (Fsp3) is 0. The molecule has 3 heterocycles. The maximum Gasteiger partial charge on any atom is 0.162 e. The minimum Gasteiger partial charge on any atom is -0.293 e. The number of rotatable bonds is 3. The number of thiophene rings is 1. The Hall–Kier alpha value is -4.80. The highest BCUT2D eigenvalue weighted by atomic mass is 32.1. The summed E-state index contributed by atoms with van der Waals surface area (Å²) >= 11 is 1.84. The van der Waals surface area contributed by atoms with Gasteiger partial charge in [-0.15, -0.1) is 11.3 Å². The first-order valence-corrected chi connectivity index (χ1v) is 13.5. The molecule has 0 radical (unpaired) electrons. The molecule has 0 spiro atoms. The number of hydrogen-bond acceptors (Lipinski definition) is 3. The predicted molar refractivity (Wildman–Crippen MR) is 160 cm³/mol. The van der Waals surface area contributed by atoms with Crippen LogP contribution >= 0.6 is 11.3 Å². The summed E-state index contributed by atoms with van der Waals surface area (Å²) in [6.45, 7) is 0. The lowest BCUT2D eigenvalue weighted by Gasteiger charge is -2.12. The summed E-state index contributed by atoms with van der Waals surface area (Å²) < 4.78 is 4.92. The lowest BCUT2D eigenvalue weighted by atomic mass is 10.1. The van der Waals surface area contributed by atoms with Crippen LogP contribution in [0.1, 0.15) is 0 Å². The number of aromatic nitrogens is 3. The van der Waals surface area contributed by atoms with Crippen molar-refractivity contribution < 1.29 is 0 Å². The molecule has 0 saturated heterocycles. The van der Waals surface area contributed by atoms with Gasteiger partial charge in [-0.05, 0) is 18.2 Å². The first-order chi connectivity index (χ1) is 18.8. The Morgan fingerprint density at radius 2 is 1.21 bits per heavy atom. The van der Waals surface area contributed by atoms with E-state index in [9.17, 15) is 0 Å². The van der Waals surface area contributed by atoms with E-state index in [1.165, 1.54) is 36.5 Å². The third-order valence-electron chi connectivity index (χ3n) is 7.22. The molecule has 3 aromatic heterocycles. The van der Waals surface area contributed by atoms with Crippen molar-refractivity contribution in [1.82, 2.24) is 14.5 Å². The minimum atomic E-state index is 0.718. The number of nitrogens with zero attached hydrogens (tertiary/aromatic N) is 3. The Kier molecular flexibility index (Phi) is 4.69. The van der Waals surface area contributed by atoms with Crippen molar-refractivity contribution in [2.45, 2.75) is 0 Å². The van der Waals surface area contributed by atoms with Gasteiger partial charge in [0.25, 0.3) is 0 Å². The van der Waals surface area contributed by atoms with Crippen LogP contribution in [-0.4, -0.2) is 14.5 Å². The average Bonchev–Trinajstić information content (AvgIpc) is 3.53. The van der Waals surface area contributed by atoms with E-state index in [0.717, 1.165) is 34.0 Å². The Morgan fingerprint density at radius 1 is 0.526 bits per heavy atom. The molecular weight excluding hydrogens is 482 g/mol. The number of benzene rings is 5. The standard InChI is InChI=1S/C34H21N3S/c1-3-11-22(12-4-1)27-21-31(36-34(35-27)23-13-5-2-6-14-23)37-28-17-9-7-15-24(28)25-19-20-30-32(33(25)37)26-16-8-10-18-29(26)38-30/h1-21H. The second kappa shape index (κ2) is 8.37. The van der Waals surface area contributed by atoms with Crippen molar-refractivity contribution >= 4 is 53.3 Å². The molecule has 5 aromatic carbocycles. The van der Waals surface area contributed by atoms with Crippen LogP contribution in [0.4, 0.5) is 0 Å². The van der Waals surface area contributed by atoms with E-state index in [-0.39, 0.29) is 0 Å². The van der Waals surface area contributed by atoms with Crippen LogP contribution in [0.25, 0.3) is 70.4 Å². The van der Waals surface area contributed by atoms with E-state index in [1.807, 2.05) is 35.6 Å². The van der Waals surface area contributed by atoms with Gasteiger partial charge in [-0.25, -0.2) is 9.97 Å². The molecule has 0 N–H and O–H groups in total. The van der Waals surface area contributed by atoms with Gasteiger partial charge in [-0.2, -0.15) is 0 Å². The summed E-state index contributed by atoms with van der Waals surface area (Å²) in [6.07, 6.45) is 0. The smallest absolute Gasteiger partial charge is 0.162 e. The molecule has 0 unspecified atom stereocenters. The summed E-state index contributed by atoms with van der Waals surface area (Å²) in [6, 6.07) is 44.6. The van der Waals surface area contributed by atoms with Gasteiger partial charge < -0.3 is 0 Å². The molecule has 4 heteroatoms. The third kappa shape index (κ3) is 3.21. The van der Waals surface area contributed by atoms with Gasteiger partial charge in [0.05, 0.1) is 16.7 Å². The molecule has 8 aromatic rings. The lowest BCUT2D eigenvalue weighted by molar-refractivity contribution is 1.05. The van der Waals surface area contributed by atoms with Gasteiger partial charge in [0.2, 0.25) is 0 Å². The van der Waals surface area contributed by atoms with Crippen LogP contribution in [0.15, 0.2) is 127 Å². The fourth-order valence-electron chi connectivity index (χ4n) is 5.53. The Bertz CT molecular complexity index is 2070. The Morgan fingerprint density at radius 3 is 2.03 bits per heavy atom. The van der Waals surface area contributed by atoms with Crippen LogP contribution < -0.4 is 0 Å². The van der Waals surface area contributed by atoms with Crippen molar-refractivity contribution in [3.8, 4) is 28.5 Å². The van der Waals surface area contributed by atoms with Gasteiger partial charge in [0, 0.05) is 48.1 Å². The third-order valence-corrected chi connectivity index (χ3v) is 8.35. The molecule has 178 valence electrons. The molecule has 0 saturated carbocycles. The summed E-state index contributed by atoms with van der Waals surface area (Å²) in [7, 11) is 0. The predicted octanol–water partition coefficient (Wildman–Crippen LogP) is 9.28. The number of hydrogen-bond donors (Lipinski definition) is 0. The van der Waals surface area contributed by atoms with Gasteiger partial charge >= 0.3 is 0 Å². The molecular formula is C34H21N3S. The van der Waals surface area contributed by atoms with E-state index >= 15 is 0 Å². The quantitative estimate of drug-likeness (QED) is 0.240. The largest absolute Gasteiger partial charge is 0.293 e. The monoisotopic (exact) mass is 503 g/mol. The maximum atomic E-state index is 5.20. The maximum absolute atomic E-state index is 5.20. The summed E-state index contributed by atoms with van der Waals surface area (Å²) in [5, 5.41) is 5.02. The molecule has 3 nitrogen and oxygen atoms in total. The molecule has 0 aliphatic carbocycles. The number of para-hydroxylation sites is 1. The van der Waals surface area contributed by atoms with Crippen LogP contribution in [0.5, 0.6) is 0 Å². The van der Waals surface area contributed by atoms with Gasteiger partial charge in [-0.3, -0.25) is 4.57 Å². The fourth-order valence-corrected chi connectivity index (χ4v) is 6.63. The van der Waals surface area contributed by atoms with E-state index in [4.69, 9.17) is 9.97 Å². The van der Waals surface area contributed by atoms with Gasteiger partial charge in [-0.1, -0.05) is 103 Å². The molecule has 0 bridgehead atoms. The van der Waals surface area contributed by atoms with Crippen LogP contribution in [-0.2, 0) is 0 Å². The van der Waals surface area contributed by atoms with Crippen LogP contribution in [0.3, 0.4) is 0 Å². The molecule has 0 aliphatic heterocycles. The van der Waals surface area contributed by atoms with Crippen molar-refractivity contribution in [3.05, 3.63) is 127 Å². The SMILES string of the molecule is c1ccc(-c2cc(-n3c4ccccc4c4ccc5sc6ccccc6c5c43)nc(-c3ccccc3)n2)cc1. The molecule has 0 atom stereocenters. The minimum absolute atomic E-state index is 0.718. The second-order valence-electron chi connectivity index (χ2n) is 9.45. The first kappa shape index (κ1) is 21.3. The molecule has 0 amide bonds. The zero-order valence-electron chi connectivity index (χ0n) is 20.4. The summed E-state index contributed by atoms with van der Waals surface area (Å²) in [4.78, 5) is 10.2. The highest BCUT2D eigenvalue weighted by molar-refractivity contribution is 7.26. The van der Waals surface area contributed by atoms with Crippen molar-refractivity contribution in [2.24, 2.45) is 0 Å². The zero-order chi connectivity index (χ0) is 25.1. The average molecular weight is 504 g/mol. The Labute approximate surface area is 223 Å². The van der Waals surface area contributed by atoms with Crippen LogP contribution in [0, 0.1) is 0 Å². The molecule has 8 rings (SSSR count). The van der Waals surface area contributed by atoms with E-state index in [1.54, 1.807) is 0 Å². The normalized spacial score (nSPS) is 11.7. The highest BCUT2D eigenvalue weighted by Crippen LogP contribution is 2.43. The van der Waals surface area contributed by atoms with Crippen LogP contribution in [0.2, 0.25) is 0 Å². The number of fused-ring (bicyclic) bond motifs is 7. The molecule has 38 heavy (non-hydrogen) atoms. The van der Waals surface area contributed by atoms with Gasteiger partial charge in [0.1, 0.15) is 5.82 Å². The molecule has 0 fully saturated rings.